The molecule has 11 rings (SSSR count). The Hall–Kier alpha value is -7.49. The molecule has 0 aliphatic heterocycles. The van der Waals surface area contributed by atoms with E-state index in [-0.39, 0.29) is 0 Å². The zero-order valence-corrected chi connectivity index (χ0v) is 34.6. The summed E-state index contributed by atoms with van der Waals surface area (Å²) in [6.07, 6.45) is 6.25. The SMILES string of the molecule is c1ccc(-c2cc(-c3nc(-c4cccc(-c5cc(-c6ccccc6)cc6ccccc56)c4)nc(-c4ccccc4-c4cccc5ccccc45)n3)cc(C3CCCCC3)c2)cc1. The molecule has 0 amide bonds. The molecule has 0 bridgehead atoms. The van der Waals surface area contributed by atoms with Crippen molar-refractivity contribution in [3.05, 3.63) is 212 Å². The summed E-state index contributed by atoms with van der Waals surface area (Å²) in [7, 11) is 0. The van der Waals surface area contributed by atoms with Gasteiger partial charge >= 0.3 is 0 Å². The molecule has 62 heavy (non-hydrogen) atoms. The second-order valence-corrected chi connectivity index (χ2v) is 16.6. The lowest BCUT2D eigenvalue weighted by molar-refractivity contribution is 0.444. The summed E-state index contributed by atoms with van der Waals surface area (Å²) < 4.78 is 0. The lowest BCUT2D eigenvalue weighted by Crippen LogP contribution is -2.06. The molecule has 0 N–H and O–H groups in total. The van der Waals surface area contributed by atoms with Gasteiger partial charge in [0.05, 0.1) is 0 Å². The highest BCUT2D eigenvalue weighted by Gasteiger charge is 2.21. The second kappa shape index (κ2) is 16.5. The predicted molar refractivity (Wildman–Crippen MR) is 259 cm³/mol. The topological polar surface area (TPSA) is 38.7 Å². The van der Waals surface area contributed by atoms with Crippen LogP contribution in [0.5, 0.6) is 0 Å². The van der Waals surface area contributed by atoms with Crippen LogP contribution in [0.15, 0.2) is 206 Å². The summed E-state index contributed by atoms with van der Waals surface area (Å²) in [5.74, 6) is 2.49. The van der Waals surface area contributed by atoms with E-state index >= 15 is 0 Å². The van der Waals surface area contributed by atoms with Gasteiger partial charge in [-0.05, 0) is 121 Å². The number of hydrogen-bond acceptors (Lipinski definition) is 3. The molecule has 3 heteroatoms. The van der Waals surface area contributed by atoms with Crippen molar-refractivity contribution in [3.8, 4) is 78.7 Å². The molecule has 1 heterocycles. The van der Waals surface area contributed by atoms with Gasteiger partial charge in [0.2, 0.25) is 0 Å². The van der Waals surface area contributed by atoms with Gasteiger partial charge in [-0.1, -0.05) is 195 Å². The average Bonchev–Trinajstić information content (AvgIpc) is 3.36. The predicted octanol–water partition coefficient (Wildman–Crippen LogP) is 15.9. The fraction of sp³-hybridized carbons (Fsp3) is 0.102. The molecule has 1 aliphatic rings. The second-order valence-electron chi connectivity index (χ2n) is 16.6. The van der Waals surface area contributed by atoms with Crippen LogP contribution in [-0.2, 0) is 0 Å². The molecule has 1 aliphatic carbocycles. The Morgan fingerprint density at radius 1 is 0.290 bits per heavy atom. The van der Waals surface area contributed by atoms with Crippen LogP contribution in [0, 0.1) is 0 Å². The van der Waals surface area contributed by atoms with Gasteiger partial charge in [-0.15, -0.1) is 0 Å². The van der Waals surface area contributed by atoms with E-state index in [1.54, 1.807) is 0 Å². The van der Waals surface area contributed by atoms with E-state index in [9.17, 15) is 0 Å². The van der Waals surface area contributed by atoms with Gasteiger partial charge < -0.3 is 0 Å². The standard InChI is InChI=1S/C59H45N3/c1-4-18-40(19-5-1)47-36-48(41-20-6-2-7-21-41)38-50(37-47)58-60-57(61-59(62-58)55-32-15-14-31-54(55)53-33-17-26-43-24-10-12-29-51(43)53)46-28-16-27-45(34-46)56-39-49(42-22-8-3-9-23-42)35-44-25-11-13-30-52(44)56/h1,3-5,8-19,22-39,41H,2,6-7,20-21H2. The van der Waals surface area contributed by atoms with Crippen molar-refractivity contribution in [2.24, 2.45) is 0 Å². The number of nitrogens with zero attached hydrogens (tertiary/aromatic N) is 3. The lowest BCUT2D eigenvalue weighted by atomic mass is 9.82. The number of benzene rings is 9. The van der Waals surface area contributed by atoms with Crippen LogP contribution < -0.4 is 0 Å². The van der Waals surface area contributed by atoms with E-state index < -0.39 is 0 Å². The Kier molecular flexibility index (Phi) is 9.99. The summed E-state index contributed by atoms with van der Waals surface area (Å²) in [6.45, 7) is 0. The third-order valence-electron chi connectivity index (χ3n) is 12.7. The molecule has 0 saturated heterocycles. The number of hydrogen-bond donors (Lipinski definition) is 0. The van der Waals surface area contributed by atoms with Gasteiger partial charge in [0, 0.05) is 16.7 Å². The van der Waals surface area contributed by atoms with Crippen molar-refractivity contribution in [1.29, 1.82) is 0 Å². The zero-order chi connectivity index (χ0) is 41.2. The highest BCUT2D eigenvalue weighted by atomic mass is 15.0. The monoisotopic (exact) mass is 795 g/mol. The van der Waals surface area contributed by atoms with Crippen molar-refractivity contribution in [2.45, 2.75) is 38.0 Å². The molecule has 1 saturated carbocycles. The van der Waals surface area contributed by atoms with Crippen LogP contribution in [0.2, 0.25) is 0 Å². The molecule has 0 spiro atoms. The molecule has 296 valence electrons. The normalized spacial score (nSPS) is 13.1. The minimum Gasteiger partial charge on any atom is -0.208 e. The zero-order valence-electron chi connectivity index (χ0n) is 34.6. The van der Waals surface area contributed by atoms with Gasteiger partial charge in [-0.2, -0.15) is 0 Å². The Balaban J connectivity index is 1.12. The largest absolute Gasteiger partial charge is 0.208 e. The molecule has 1 fully saturated rings. The van der Waals surface area contributed by atoms with Crippen molar-refractivity contribution in [1.82, 2.24) is 15.0 Å². The van der Waals surface area contributed by atoms with Crippen molar-refractivity contribution in [2.75, 3.05) is 0 Å². The maximum atomic E-state index is 5.43. The molecule has 0 unspecified atom stereocenters. The minimum atomic E-state index is 0.511. The summed E-state index contributed by atoms with van der Waals surface area (Å²) in [5.41, 5.74) is 13.6. The van der Waals surface area contributed by atoms with Crippen molar-refractivity contribution < 1.29 is 0 Å². The van der Waals surface area contributed by atoms with Crippen LogP contribution in [-0.4, -0.2) is 15.0 Å². The highest BCUT2D eigenvalue weighted by molar-refractivity contribution is 6.01. The van der Waals surface area contributed by atoms with E-state index in [0.29, 0.717) is 23.4 Å². The molecule has 0 atom stereocenters. The van der Waals surface area contributed by atoms with E-state index in [0.717, 1.165) is 33.4 Å². The smallest absolute Gasteiger partial charge is 0.164 e. The fourth-order valence-electron chi connectivity index (χ4n) is 9.55. The van der Waals surface area contributed by atoms with Crippen molar-refractivity contribution in [3.63, 3.8) is 0 Å². The van der Waals surface area contributed by atoms with E-state index in [2.05, 4.69) is 206 Å². The van der Waals surface area contributed by atoms with Crippen LogP contribution in [0.3, 0.4) is 0 Å². The van der Waals surface area contributed by atoms with Crippen LogP contribution in [0.4, 0.5) is 0 Å². The molecular weight excluding hydrogens is 751 g/mol. The molecule has 10 aromatic rings. The molecule has 1 aromatic heterocycles. The van der Waals surface area contributed by atoms with Gasteiger partial charge in [-0.25, -0.2) is 15.0 Å². The summed E-state index contributed by atoms with van der Waals surface area (Å²) in [4.78, 5) is 16.2. The Morgan fingerprint density at radius 3 is 1.55 bits per heavy atom. The Bertz CT molecular complexity index is 3210. The summed E-state index contributed by atoms with van der Waals surface area (Å²) in [6, 6.07) is 74.1. The van der Waals surface area contributed by atoms with Crippen LogP contribution in [0.25, 0.3) is 100 Å². The quantitative estimate of drug-likeness (QED) is 0.154. The molecule has 0 radical (unpaired) electrons. The summed E-state index contributed by atoms with van der Waals surface area (Å²) in [5, 5.41) is 4.81. The molecule has 3 nitrogen and oxygen atoms in total. The summed E-state index contributed by atoms with van der Waals surface area (Å²) >= 11 is 0. The number of aromatic nitrogens is 3. The fourth-order valence-corrected chi connectivity index (χ4v) is 9.55. The molecular formula is C59H45N3. The van der Waals surface area contributed by atoms with E-state index in [1.807, 2.05) is 0 Å². The van der Waals surface area contributed by atoms with E-state index in [4.69, 9.17) is 15.0 Å². The van der Waals surface area contributed by atoms with Gasteiger partial charge in [-0.3, -0.25) is 0 Å². The first-order valence-electron chi connectivity index (χ1n) is 22.0. The number of fused-ring (bicyclic) bond motifs is 2. The first-order chi connectivity index (χ1) is 30.7. The first-order valence-corrected chi connectivity index (χ1v) is 22.0. The minimum absolute atomic E-state index is 0.511. The first kappa shape index (κ1) is 37.5. The highest BCUT2D eigenvalue weighted by Crippen LogP contribution is 2.41. The molecule has 9 aromatic carbocycles. The maximum Gasteiger partial charge on any atom is 0.164 e. The maximum absolute atomic E-state index is 5.43. The van der Waals surface area contributed by atoms with Crippen LogP contribution in [0.1, 0.15) is 43.6 Å². The Morgan fingerprint density at radius 2 is 0.790 bits per heavy atom. The third-order valence-corrected chi connectivity index (χ3v) is 12.7. The number of rotatable bonds is 8. The van der Waals surface area contributed by atoms with Crippen LogP contribution >= 0.6 is 0 Å². The van der Waals surface area contributed by atoms with E-state index in [1.165, 1.54) is 87.0 Å². The van der Waals surface area contributed by atoms with Gasteiger partial charge in [0.1, 0.15) is 0 Å². The average molecular weight is 796 g/mol. The van der Waals surface area contributed by atoms with Crippen molar-refractivity contribution >= 4 is 21.5 Å². The Labute approximate surface area is 363 Å². The third kappa shape index (κ3) is 7.37. The van der Waals surface area contributed by atoms with Gasteiger partial charge in [0.15, 0.2) is 17.5 Å². The van der Waals surface area contributed by atoms with Gasteiger partial charge in [0.25, 0.3) is 0 Å². The lowest BCUT2D eigenvalue weighted by Gasteiger charge is -2.23.